The van der Waals surface area contributed by atoms with Gasteiger partial charge in [0.05, 0.1) is 12.2 Å². The molecule has 6 heterocycles. The first kappa shape index (κ1) is 19.0. The molecule has 9 heteroatoms. The number of nitrogens with one attached hydrogen (secondary N) is 2. The molecule has 1 aliphatic heterocycles. The zero-order chi connectivity index (χ0) is 21.7. The van der Waals surface area contributed by atoms with Crippen LogP contribution in [-0.2, 0) is 6.54 Å². The van der Waals surface area contributed by atoms with Crippen molar-refractivity contribution < 1.29 is 8.78 Å². The van der Waals surface area contributed by atoms with E-state index in [-0.39, 0.29) is 13.0 Å². The Morgan fingerprint density at radius 1 is 1.03 bits per heavy atom. The first-order chi connectivity index (χ1) is 15.5. The molecule has 0 atom stereocenters. The summed E-state index contributed by atoms with van der Waals surface area (Å²) in [6.07, 6.45) is 6.91. The zero-order valence-corrected chi connectivity index (χ0v) is 17.0. The van der Waals surface area contributed by atoms with E-state index in [1.165, 1.54) is 0 Å². The Balaban J connectivity index is 1.34. The Morgan fingerprint density at radius 3 is 2.78 bits per heavy atom. The molecule has 7 nitrogen and oxygen atoms in total. The van der Waals surface area contributed by atoms with Crippen LogP contribution in [0.5, 0.6) is 0 Å². The van der Waals surface area contributed by atoms with E-state index in [0.29, 0.717) is 18.7 Å². The van der Waals surface area contributed by atoms with Crippen molar-refractivity contribution in [1.29, 1.82) is 0 Å². The molecule has 0 aromatic carbocycles. The van der Waals surface area contributed by atoms with E-state index in [9.17, 15) is 8.78 Å². The maximum atomic E-state index is 13.5. The highest BCUT2D eigenvalue weighted by molar-refractivity contribution is 5.95. The van der Waals surface area contributed by atoms with Gasteiger partial charge in [-0.2, -0.15) is 5.10 Å². The lowest BCUT2D eigenvalue weighted by Crippen LogP contribution is -2.24. The normalized spacial score (nSPS) is 16.3. The summed E-state index contributed by atoms with van der Waals surface area (Å²) in [6.45, 7) is 0.635. The zero-order valence-electron chi connectivity index (χ0n) is 17.0. The summed E-state index contributed by atoms with van der Waals surface area (Å²) in [4.78, 5) is 18.3. The van der Waals surface area contributed by atoms with Gasteiger partial charge in [0, 0.05) is 66.2 Å². The van der Waals surface area contributed by atoms with Gasteiger partial charge in [-0.1, -0.05) is 0 Å². The average molecular weight is 431 g/mol. The highest BCUT2D eigenvalue weighted by Gasteiger charge is 2.37. The number of H-pyrrole nitrogens is 2. The number of hydrogen-bond donors (Lipinski definition) is 2. The molecule has 0 spiro atoms. The molecular weight excluding hydrogens is 412 g/mol. The summed E-state index contributed by atoms with van der Waals surface area (Å²) in [5.41, 5.74) is 5.76. The highest BCUT2D eigenvalue weighted by atomic mass is 19.3. The van der Waals surface area contributed by atoms with Gasteiger partial charge in [0.15, 0.2) is 5.65 Å². The van der Waals surface area contributed by atoms with Crippen LogP contribution in [0.25, 0.3) is 44.6 Å². The lowest BCUT2D eigenvalue weighted by Gasteiger charge is -2.15. The van der Waals surface area contributed by atoms with Gasteiger partial charge in [-0.15, -0.1) is 0 Å². The Hall–Kier alpha value is -3.72. The number of halogens is 2. The van der Waals surface area contributed by atoms with Gasteiger partial charge in [0.2, 0.25) is 0 Å². The fraction of sp³-hybridized carbons (Fsp3) is 0.217. The summed E-state index contributed by atoms with van der Waals surface area (Å²) in [5.74, 6) is -2.60. The van der Waals surface area contributed by atoms with Crippen molar-refractivity contribution in [3.8, 4) is 22.5 Å². The number of alkyl halides is 2. The van der Waals surface area contributed by atoms with Gasteiger partial charge >= 0.3 is 0 Å². The summed E-state index contributed by atoms with van der Waals surface area (Å²) in [7, 11) is 0. The minimum atomic E-state index is -2.60. The summed E-state index contributed by atoms with van der Waals surface area (Å²) in [5, 5.41) is 9.32. The molecule has 0 saturated carbocycles. The Morgan fingerprint density at radius 2 is 1.94 bits per heavy atom. The largest absolute Gasteiger partial charge is 0.338 e. The number of pyridine rings is 3. The molecule has 1 saturated heterocycles. The van der Waals surface area contributed by atoms with E-state index >= 15 is 0 Å². The molecule has 2 N–H and O–H groups in total. The van der Waals surface area contributed by atoms with Gasteiger partial charge in [-0.05, 0) is 35.9 Å². The second kappa shape index (κ2) is 7.16. The number of aromatic amines is 2. The minimum absolute atomic E-state index is 0.0900. The topological polar surface area (TPSA) is 86.4 Å². The Bertz CT molecular complexity index is 1410. The average Bonchev–Trinajstić information content (AvgIpc) is 3.49. The van der Waals surface area contributed by atoms with Crippen LogP contribution in [0.2, 0.25) is 0 Å². The molecule has 0 aliphatic carbocycles. The second-order valence-corrected chi connectivity index (χ2v) is 8.22. The maximum absolute atomic E-state index is 13.5. The summed E-state index contributed by atoms with van der Waals surface area (Å²) >= 11 is 0. The van der Waals surface area contributed by atoms with Crippen LogP contribution in [0.4, 0.5) is 8.78 Å². The Labute approximate surface area is 181 Å². The fourth-order valence-corrected chi connectivity index (χ4v) is 4.28. The first-order valence-electron chi connectivity index (χ1n) is 10.4. The van der Waals surface area contributed by atoms with Crippen LogP contribution in [0.15, 0.2) is 55.1 Å². The van der Waals surface area contributed by atoms with E-state index < -0.39 is 5.92 Å². The third-order valence-electron chi connectivity index (χ3n) is 5.85. The van der Waals surface area contributed by atoms with Crippen LogP contribution in [0.3, 0.4) is 0 Å². The minimum Gasteiger partial charge on any atom is -0.338 e. The third-order valence-corrected chi connectivity index (χ3v) is 5.85. The van der Waals surface area contributed by atoms with Crippen LogP contribution in [0, 0.1) is 0 Å². The number of likely N-dealkylation sites (tertiary alicyclic amines) is 1. The van der Waals surface area contributed by atoms with Gasteiger partial charge in [0.25, 0.3) is 5.92 Å². The molecule has 0 unspecified atom stereocenters. The van der Waals surface area contributed by atoms with Crippen molar-refractivity contribution in [1.82, 2.24) is 35.0 Å². The van der Waals surface area contributed by atoms with E-state index in [1.807, 2.05) is 30.3 Å². The molecule has 0 radical (unpaired) electrons. The van der Waals surface area contributed by atoms with Crippen LogP contribution < -0.4 is 0 Å². The lowest BCUT2D eigenvalue weighted by molar-refractivity contribution is 0.0115. The van der Waals surface area contributed by atoms with Crippen molar-refractivity contribution in [2.45, 2.75) is 18.9 Å². The Kier molecular flexibility index (Phi) is 4.25. The number of nitrogens with zero attached hydrogens (tertiary/aromatic N) is 5. The van der Waals surface area contributed by atoms with E-state index in [4.69, 9.17) is 0 Å². The van der Waals surface area contributed by atoms with Crippen molar-refractivity contribution in [2.75, 3.05) is 13.1 Å². The van der Waals surface area contributed by atoms with Crippen LogP contribution in [-0.4, -0.2) is 54.0 Å². The summed E-state index contributed by atoms with van der Waals surface area (Å²) in [6, 6.07) is 9.91. The molecule has 0 bridgehead atoms. The smallest absolute Gasteiger partial charge is 0.261 e. The predicted molar refractivity (Wildman–Crippen MR) is 117 cm³/mol. The molecular formula is C23H19F2N7. The van der Waals surface area contributed by atoms with Gasteiger partial charge in [0.1, 0.15) is 11.3 Å². The molecule has 32 heavy (non-hydrogen) atoms. The van der Waals surface area contributed by atoms with Crippen molar-refractivity contribution in [3.05, 3.63) is 60.7 Å². The molecule has 160 valence electrons. The van der Waals surface area contributed by atoms with Gasteiger partial charge in [-0.3, -0.25) is 15.0 Å². The number of aromatic nitrogens is 6. The molecule has 0 amide bonds. The number of hydrogen-bond acceptors (Lipinski definition) is 5. The highest BCUT2D eigenvalue weighted by Crippen LogP contribution is 2.31. The van der Waals surface area contributed by atoms with Crippen molar-refractivity contribution in [2.24, 2.45) is 0 Å². The van der Waals surface area contributed by atoms with E-state index in [1.54, 1.807) is 29.7 Å². The summed E-state index contributed by atoms with van der Waals surface area (Å²) < 4.78 is 27.0. The SMILES string of the molecule is FC1(F)CCN(Cc2cncc(-c3cnc4[nH]nc(-c5cc6cccnc6[nH]5)c4c3)c2)C1. The predicted octanol–water partition coefficient (Wildman–Crippen LogP) is 4.40. The molecule has 1 aliphatic rings. The number of rotatable bonds is 4. The third kappa shape index (κ3) is 3.40. The second-order valence-electron chi connectivity index (χ2n) is 8.22. The molecule has 5 aromatic rings. The standard InChI is InChI=1S/C23H19F2N7/c24-23(25)3-5-32(13-23)12-14-6-16(10-26-9-14)17-7-18-20(30-31-22(18)28-11-17)19-8-15-2-1-4-27-21(15)29-19/h1-2,4,6-11H,3,5,12-13H2,(H,27,29)(H,28,30,31). The maximum Gasteiger partial charge on any atom is 0.261 e. The molecule has 5 aromatic heterocycles. The molecule has 6 rings (SSSR count). The van der Waals surface area contributed by atoms with Crippen molar-refractivity contribution >= 4 is 22.1 Å². The van der Waals surface area contributed by atoms with Crippen LogP contribution >= 0.6 is 0 Å². The van der Waals surface area contributed by atoms with E-state index in [0.717, 1.165) is 44.5 Å². The quantitative estimate of drug-likeness (QED) is 0.440. The first-order valence-corrected chi connectivity index (χ1v) is 10.4. The number of fused-ring (bicyclic) bond motifs is 2. The fourth-order valence-electron chi connectivity index (χ4n) is 4.28. The van der Waals surface area contributed by atoms with Crippen LogP contribution in [0.1, 0.15) is 12.0 Å². The van der Waals surface area contributed by atoms with Gasteiger partial charge in [-0.25, -0.2) is 18.7 Å². The van der Waals surface area contributed by atoms with E-state index in [2.05, 4.69) is 30.1 Å². The molecule has 1 fully saturated rings. The van der Waals surface area contributed by atoms with Crippen molar-refractivity contribution in [3.63, 3.8) is 0 Å². The van der Waals surface area contributed by atoms with Gasteiger partial charge < -0.3 is 4.98 Å². The lowest BCUT2D eigenvalue weighted by atomic mass is 10.1. The monoisotopic (exact) mass is 431 g/mol.